The first-order valence-electron chi connectivity index (χ1n) is 27.9. The van der Waals surface area contributed by atoms with E-state index in [1.807, 2.05) is 0 Å². The maximum atomic E-state index is 13.2. The summed E-state index contributed by atoms with van der Waals surface area (Å²) < 4.78 is 5.94. The molecule has 0 heterocycles. The summed E-state index contributed by atoms with van der Waals surface area (Å²) in [6.07, 6.45) is 57.0. The van der Waals surface area contributed by atoms with Crippen LogP contribution in [0.25, 0.3) is 0 Å². The molecule has 6 nitrogen and oxygen atoms in total. The number of aliphatic hydroxyl groups is 2. The molecule has 3 N–H and O–H groups in total. The molecule has 0 aliphatic heterocycles. The van der Waals surface area contributed by atoms with E-state index in [0.29, 0.717) is 19.3 Å². The first-order chi connectivity index (χ1) is 30.5. The maximum Gasteiger partial charge on any atom is 0.306 e. The molecule has 6 heteroatoms. The predicted molar refractivity (Wildman–Crippen MR) is 269 cm³/mol. The van der Waals surface area contributed by atoms with Crippen LogP contribution < -0.4 is 5.32 Å². The maximum absolute atomic E-state index is 13.2. The molecule has 3 atom stereocenters. The number of esters is 1. The van der Waals surface area contributed by atoms with Gasteiger partial charge in [0, 0.05) is 6.42 Å². The molecule has 368 valence electrons. The van der Waals surface area contributed by atoms with Gasteiger partial charge in [-0.05, 0) is 51.4 Å². The fraction of sp³-hybridized carbons (Fsp3) is 0.929. The van der Waals surface area contributed by atoms with Crippen molar-refractivity contribution in [1.29, 1.82) is 0 Å². The van der Waals surface area contributed by atoms with Gasteiger partial charge in [0.05, 0.1) is 25.2 Å². The fourth-order valence-electron chi connectivity index (χ4n) is 8.84. The molecule has 0 aromatic carbocycles. The Morgan fingerprint density at radius 2 is 0.774 bits per heavy atom. The van der Waals surface area contributed by atoms with Gasteiger partial charge in [0.1, 0.15) is 6.10 Å². The summed E-state index contributed by atoms with van der Waals surface area (Å²) in [5.41, 5.74) is 0. The van der Waals surface area contributed by atoms with Gasteiger partial charge < -0.3 is 20.3 Å². The van der Waals surface area contributed by atoms with Crippen molar-refractivity contribution in [1.82, 2.24) is 5.32 Å². The second-order valence-electron chi connectivity index (χ2n) is 19.3. The van der Waals surface area contributed by atoms with Crippen LogP contribution in [0.5, 0.6) is 0 Å². The van der Waals surface area contributed by atoms with Crippen LogP contribution in [0.1, 0.15) is 310 Å². The topological polar surface area (TPSA) is 95.9 Å². The Morgan fingerprint density at radius 3 is 1.15 bits per heavy atom. The summed E-state index contributed by atoms with van der Waals surface area (Å²) in [5.74, 6) is -0.472. The molecule has 0 saturated carbocycles. The molecule has 0 spiro atoms. The molecule has 0 aromatic heterocycles. The lowest BCUT2D eigenvalue weighted by atomic mass is 10.0. The highest BCUT2D eigenvalue weighted by atomic mass is 16.5. The number of ether oxygens (including phenoxy) is 1. The zero-order valence-corrected chi connectivity index (χ0v) is 42.0. The number of carbonyl (C=O) groups is 2. The van der Waals surface area contributed by atoms with E-state index < -0.39 is 18.2 Å². The third-order valence-electron chi connectivity index (χ3n) is 13.1. The minimum Gasteiger partial charge on any atom is -0.462 e. The minimum atomic E-state index is -0.784. The number of hydrogen-bond acceptors (Lipinski definition) is 5. The van der Waals surface area contributed by atoms with Crippen molar-refractivity contribution in [2.45, 2.75) is 328 Å². The van der Waals surface area contributed by atoms with Crippen molar-refractivity contribution >= 4 is 11.9 Å². The van der Waals surface area contributed by atoms with Crippen LogP contribution in [-0.4, -0.2) is 46.9 Å². The van der Waals surface area contributed by atoms with Crippen LogP contribution in [0.4, 0.5) is 0 Å². The largest absolute Gasteiger partial charge is 0.462 e. The Kier molecular flexibility index (Phi) is 49.5. The highest BCUT2D eigenvalue weighted by Crippen LogP contribution is 2.19. The van der Waals surface area contributed by atoms with Gasteiger partial charge in [-0.2, -0.15) is 0 Å². The van der Waals surface area contributed by atoms with Crippen molar-refractivity contribution in [3.8, 4) is 0 Å². The second-order valence-corrected chi connectivity index (χ2v) is 19.3. The summed E-state index contributed by atoms with van der Waals surface area (Å²) in [6, 6.07) is -0.698. The molecule has 62 heavy (non-hydrogen) atoms. The lowest BCUT2D eigenvalue weighted by molar-refractivity contribution is -0.151. The van der Waals surface area contributed by atoms with E-state index >= 15 is 0 Å². The van der Waals surface area contributed by atoms with Crippen molar-refractivity contribution in [2.75, 3.05) is 6.61 Å². The van der Waals surface area contributed by atoms with Crippen LogP contribution in [0.3, 0.4) is 0 Å². The van der Waals surface area contributed by atoms with Crippen LogP contribution in [0, 0.1) is 0 Å². The number of rotatable bonds is 51. The third-order valence-corrected chi connectivity index (χ3v) is 13.1. The average molecular weight is 876 g/mol. The number of allylic oxidation sites excluding steroid dienone is 2. The average Bonchev–Trinajstić information content (AvgIpc) is 3.26. The van der Waals surface area contributed by atoms with E-state index in [9.17, 15) is 19.8 Å². The van der Waals surface area contributed by atoms with Crippen LogP contribution in [0.2, 0.25) is 0 Å². The summed E-state index contributed by atoms with van der Waals surface area (Å²) in [7, 11) is 0. The molecule has 0 aliphatic rings. The van der Waals surface area contributed by atoms with Crippen LogP contribution in [0.15, 0.2) is 12.2 Å². The van der Waals surface area contributed by atoms with Gasteiger partial charge >= 0.3 is 5.97 Å². The van der Waals surface area contributed by atoms with Crippen LogP contribution in [-0.2, 0) is 14.3 Å². The first-order valence-corrected chi connectivity index (χ1v) is 27.9. The lowest BCUT2D eigenvalue weighted by Gasteiger charge is -2.24. The van der Waals surface area contributed by atoms with E-state index in [-0.39, 0.29) is 24.9 Å². The van der Waals surface area contributed by atoms with E-state index in [1.165, 1.54) is 212 Å². The smallest absolute Gasteiger partial charge is 0.306 e. The Balaban J connectivity index is 4.50. The van der Waals surface area contributed by atoms with Crippen molar-refractivity contribution < 1.29 is 24.5 Å². The van der Waals surface area contributed by atoms with E-state index in [2.05, 4.69) is 38.2 Å². The van der Waals surface area contributed by atoms with E-state index in [4.69, 9.17) is 4.74 Å². The monoisotopic (exact) mass is 876 g/mol. The molecule has 0 radical (unpaired) electrons. The number of hydrogen-bond donors (Lipinski definition) is 3. The van der Waals surface area contributed by atoms with Gasteiger partial charge in [-0.25, -0.2) is 0 Å². The third kappa shape index (κ3) is 45.2. The van der Waals surface area contributed by atoms with Crippen molar-refractivity contribution in [2.24, 2.45) is 0 Å². The summed E-state index contributed by atoms with van der Waals surface area (Å²) >= 11 is 0. The highest BCUT2D eigenvalue weighted by Gasteiger charge is 2.24. The molecular formula is C56H109NO5. The molecule has 0 fully saturated rings. The normalized spacial score (nSPS) is 13.2. The van der Waals surface area contributed by atoms with Gasteiger partial charge in [0.15, 0.2) is 0 Å². The highest BCUT2D eigenvalue weighted by molar-refractivity contribution is 5.77. The van der Waals surface area contributed by atoms with E-state index in [0.717, 1.165) is 51.4 Å². The standard InChI is InChI=1S/C56H109NO5/c1-4-7-10-13-16-19-22-25-27-28-30-33-36-39-42-45-48-54(59)53(51-58)57-55(60)50-52(47-44-41-38-35-32-29-24-21-18-15-12-9-6-3)62-56(61)49-46-43-40-37-34-31-26-23-20-17-14-11-8-5-2/h31,34,52-54,58-59H,4-30,32-33,35-51H2,1-3H3,(H,57,60)/b34-31-. The van der Waals surface area contributed by atoms with Gasteiger partial charge in [0.25, 0.3) is 0 Å². The molecule has 1 amide bonds. The van der Waals surface area contributed by atoms with Gasteiger partial charge in [-0.3, -0.25) is 9.59 Å². The minimum absolute atomic E-state index is 0.0792. The Bertz CT molecular complexity index is 939. The second kappa shape index (κ2) is 50.6. The van der Waals surface area contributed by atoms with Gasteiger partial charge in [0.2, 0.25) is 5.91 Å². The van der Waals surface area contributed by atoms with E-state index in [1.54, 1.807) is 0 Å². The number of aliphatic hydroxyl groups excluding tert-OH is 2. The molecule has 0 bridgehead atoms. The Morgan fingerprint density at radius 1 is 0.452 bits per heavy atom. The number of nitrogens with one attached hydrogen (secondary N) is 1. The quantitative estimate of drug-likeness (QED) is 0.0321. The van der Waals surface area contributed by atoms with Crippen molar-refractivity contribution in [3.05, 3.63) is 12.2 Å². The fourth-order valence-corrected chi connectivity index (χ4v) is 8.84. The molecule has 0 aliphatic carbocycles. The zero-order chi connectivity index (χ0) is 45.2. The molecular weight excluding hydrogens is 767 g/mol. The molecule has 0 rings (SSSR count). The Labute approximate surface area is 387 Å². The molecule has 3 unspecified atom stereocenters. The number of amides is 1. The van der Waals surface area contributed by atoms with Gasteiger partial charge in [-0.1, -0.05) is 258 Å². The molecule has 0 aromatic rings. The molecule has 0 saturated heterocycles. The SMILES string of the molecule is CCCCCCCCC/C=C\CCCCCC(=O)OC(CCCCCCCCCCCCCCC)CC(=O)NC(CO)C(O)CCCCCCCCCCCCCCCCCC. The summed E-state index contributed by atoms with van der Waals surface area (Å²) in [6.45, 7) is 6.51. The van der Waals surface area contributed by atoms with Gasteiger partial charge in [-0.15, -0.1) is 0 Å². The number of unbranched alkanes of at least 4 members (excludes halogenated alkanes) is 37. The summed E-state index contributed by atoms with van der Waals surface area (Å²) in [5, 5.41) is 23.9. The van der Waals surface area contributed by atoms with Crippen molar-refractivity contribution in [3.63, 3.8) is 0 Å². The Hall–Kier alpha value is -1.40. The van der Waals surface area contributed by atoms with Crippen LogP contribution >= 0.6 is 0 Å². The first kappa shape index (κ1) is 60.6. The number of carbonyl (C=O) groups excluding carboxylic acids is 2. The zero-order valence-electron chi connectivity index (χ0n) is 42.0. The lowest BCUT2D eigenvalue weighted by Crippen LogP contribution is -2.46. The summed E-state index contributed by atoms with van der Waals surface area (Å²) in [4.78, 5) is 26.2. The predicted octanol–water partition coefficient (Wildman–Crippen LogP) is 16.9.